The van der Waals surface area contributed by atoms with Gasteiger partial charge in [-0.05, 0) is 6.07 Å². The van der Waals surface area contributed by atoms with Crippen LogP contribution in [0.5, 0.6) is 0 Å². The fourth-order valence-electron chi connectivity index (χ4n) is 0.561. The molecule has 0 N–H and O–H groups in total. The van der Waals surface area contributed by atoms with Crippen molar-refractivity contribution in [1.29, 1.82) is 0 Å². The summed E-state index contributed by atoms with van der Waals surface area (Å²) in [7, 11) is 0. The number of hydrogen-bond acceptors (Lipinski definition) is 2. The Morgan fingerprint density at radius 3 is 2.36 bits per heavy atom. The molecule has 1 nitrogen and oxygen atoms in total. The third-order valence-corrected chi connectivity index (χ3v) is 2.03. The molecule has 60 valence electrons. The molecule has 0 spiro atoms. The summed E-state index contributed by atoms with van der Waals surface area (Å²) >= 11 is 0.525. The molecule has 0 radical (unpaired) electrons. The Morgan fingerprint density at radius 1 is 1.45 bits per heavy atom. The van der Waals surface area contributed by atoms with Gasteiger partial charge in [-0.15, -0.1) is 11.3 Å². The van der Waals surface area contributed by atoms with Crippen molar-refractivity contribution in [2.75, 3.05) is 0 Å². The zero-order valence-electron chi connectivity index (χ0n) is 5.18. The molecule has 1 aromatic rings. The van der Waals surface area contributed by atoms with Gasteiger partial charge in [0.15, 0.2) is 6.29 Å². The Labute approximate surface area is 64.5 Å². The normalized spacial score (nSPS) is 11.5. The van der Waals surface area contributed by atoms with E-state index in [0.29, 0.717) is 17.6 Å². The van der Waals surface area contributed by atoms with Crippen molar-refractivity contribution in [3.05, 3.63) is 21.9 Å². The zero-order valence-corrected chi connectivity index (χ0v) is 6.00. The molecule has 0 bridgehead atoms. The summed E-state index contributed by atoms with van der Waals surface area (Å²) in [5.41, 5.74) is 0.0716. The lowest BCUT2D eigenvalue weighted by Gasteiger charge is -1.99. The molecular formula is C6H3F3OS. The maximum absolute atomic E-state index is 11.8. The number of aldehydes is 1. The smallest absolute Gasteiger partial charge is 0.298 e. The van der Waals surface area contributed by atoms with Crippen molar-refractivity contribution in [1.82, 2.24) is 0 Å². The lowest BCUT2D eigenvalue weighted by molar-refractivity contribution is -0.134. The quantitative estimate of drug-likeness (QED) is 0.607. The van der Waals surface area contributed by atoms with E-state index in [2.05, 4.69) is 0 Å². The fourth-order valence-corrected chi connectivity index (χ4v) is 1.29. The number of hydrogen-bond donors (Lipinski definition) is 0. The van der Waals surface area contributed by atoms with E-state index in [-0.39, 0.29) is 5.56 Å². The number of thiophene rings is 1. The second kappa shape index (κ2) is 2.65. The monoisotopic (exact) mass is 180 g/mol. The van der Waals surface area contributed by atoms with Crippen molar-refractivity contribution in [2.24, 2.45) is 0 Å². The predicted octanol–water partition coefficient (Wildman–Crippen LogP) is 2.58. The first-order valence-corrected chi connectivity index (χ1v) is 3.53. The Hall–Kier alpha value is -0.840. The average molecular weight is 180 g/mol. The van der Waals surface area contributed by atoms with Crippen LogP contribution >= 0.6 is 11.3 Å². The molecule has 1 aromatic heterocycles. The average Bonchev–Trinajstić information content (AvgIpc) is 2.32. The molecule has 11 heavy (non-hydrogen) atoms. The minimum atomic E-state index is -4.33. The largest absolute Gasteiger partial charge is 0.425 e. The summed E-state index contributed by atoms with van der Waals surface area (Å²) in [5, 5.41) is 1.18. The van der Waals surface area contributed by atoms with Crippen molar-refractivity contribution >= 4 is 17.6 Å². The highest BCUT2D eigenvalue weighted by Crippen LogP contribution is 2.33. The van der Waals surface area contributed by atoms with Crippen molar-refractivity contribution < 1.29 is 18.0 Å². The second-order valence-electron chi connectivity index (χ2n) is 1.86. The van der Waals surface area contributed by atoms with E-state index in [1.165, 1.54) is 5.38 Å². The van der Waals surface area contributed by atoms with Gasteiger partial charge in [0.25, 0.3) is 0 Å². The molecule has 0 aliphatic heterocycles. The fraction of sp³-hybridized carbons (Fsp3) is 0.167. The van der Waals surface area contributed by atoms with Crippen LogP contribution in [-0.4, -0.2) is 6.29 Å². The molecule has 0 aliphatic rings. The van der Waals surface area contributed by atoms with Crippen molar-refractivity contribution in [3.63, 3.8) is 0 Å². The van der Waals surface area contributed by atoms with Crippen molar-refractivity contribution in [3.8, 4) is 0 Å². The van der Waals surface area contributed by atoms with Gasteiger partial charge in [0.05, 0.1) is 0 Å². The summed E-state index contributed by atoms with van der Waals surface area (Å²) in [6.07, 6.45) is -3.93. The number of alkyl halides is 3. The minimum Gasteiger partial charge on any atom is -0.298 e. The Balaban J connectivity index is 2.98. The first-order chi connectivity index (χ1) is 5.04. The van der Waals surface area contributed by atoms with Gasteiger partial charge < -0.3 is 0 Å². The number of halogens is 3. The summed E-state index contributed by atoms with van der Waals surface area (Å²) < 4.78 is 35.5. The third kappa shape index (κ3) is 1.80. The molecule has 1 rings (SSSR count). The van der Waals surface area contributed by atoms with Crippen LogP contribution in [0.2, 0.25) is 0 Å². The molecule has 0 saturated carbocycles. The molecule has 0 fully saturated rings. The van der Waals surface area contributed by atoms with Gasteiger partial charge in [0.1, 0.15) is 4.88 Å². The molecule has 0 saturated heterocycles. The lowest BCUT2D eigenvalue weighted by atomic mass is 10.3. The molecule has 5 heteroatoms. The highest BCUT2D eigenvalue weighted by molar-refractivity contribution is 7.10. The summed E-state index contributed by atoms with van der Waals surface area (Å²) in [6, 6.07) is 0.831. The van der Waals surface area contributed by atoms with Crippen LogP contribution in [0.4, 0.5) is 13.2 Å². The first kappa shape index (κ1) is 8.26. The van der Waals surface area contributed by atoms with Crippen molar-refractivity contribution in [2.45, 2.75) is 6.18 Å². The van der Waals surface area contributed by atoms with Crippen LogP contribution in [0, 0.1) is 0 Å². The summed E-state index contributed by atoms with van der Waals surface area (Å²) in [6.45, 7) is 0. The van der Waals surface area contributed by atoms with E-state index in [9.17, 15) is 18.0 Å². The van der Waals surface area contributed by atoms with Crippen LogP contribution in [0.3, 0.4) is 0 Å². The van der Waals surface area contributed by atoms with Gasteiger partial charge in [-0.25, -0.2) is 0 Å². The Morgan fingerprint density at radius 2 is 2.09 bits per heavy atom. The van der Waals surface area contributed by atoms with Gasteiger partial charge >= 0.3 is 6.18 Å². The Bertz CT molecular complexity index is 263. The van der Waals surface area contributed by atoms with Crippen LogP contribution < -0.4 is 0 Å². The zero-order chi connectivity index (χ0) is 8.48. The highest BCUT2D eigenvalue weighted by atomic mass is 32.1. The third-order valence-electron chi connectivity index (χ3n) is 1.04. The van der Waals surface area contributed by atoms with Crippen LogP contribution in [0.25, 0.3) is 0 Å². The second-order valence-corrected chi connectivity index (χ2v) is 2.77. The summed E-state index contributed by atoms with van der Waals surface area (Å²) in [4.78, 5) is 9.25. The van der Waals surface area contributed by atoms with E-state index >= 15 is 0 Å². The van der Waals surface area contributed by atoms with E-state index in [1.54, 1.807) is 0 Å². The lowest BCUT2D eigenvalue weighted by Crippen LogP contribution is -2.00. The first-order valence-electron chi connectivity index (χ1n) is 2.65. The standard InChI is InChI=1S/C6H3F3OS/c7-6(8,9)5-1-4(2-10)3-11-5/h1-3H. The van der Waals surface area contributed by atoms with E-state index < -0.39 is 11.1 Å². The molecule has 1 heterocycles. The molecule has 0 aliphatic carbocycles. The molecule has 0 amide bonds. The number of carbonyl (C=O) groups is 1. The van der Waals surface area contributed by atoms with Crippen LogP contribution in [-0.2, 0) is 6.18 Å². The molecule has 0 atom stereocenters. The maximum Gasteiger partial charge on any atom is 0.425 e. The van der Waals surface area contributed by atoms with E-state index in [0.717, 1.165) is 6.07 Å². The van der Waals surface area contributed by atoms with E-state index in [4.69, 9.17) is 0 Å². The molecule has 0 aromatic carbocycles. The number of rotatable bonds is 1. The van der Waals surface area contributed by atoms with Gasteiger partial charge in [-0.3, -0.25) is 4.79 Å². The summed E-state index contributed by atoms with van der Waals surface area (Å²) in [5.74, 6) is 0. The minimum absolute atomic E-state index is 0.0716. The van der Waals surface area contributed by atoms with Crippen LogP contribution in [0.1, 0.15) is 15.2 Å². The number of carbonyl (C=O) groups excluding carboxylic acids is 1. The van der Waals surface area contributed by atoms with Crippen LogP contribution in [0.15, 0.2) is 11.4 Å². The molecule has 0 unspecified atom stereocenters. The van der Waals surface area contributed by atoms with Gasteiger partial charge in [0, 0.05) is 10.9 Å². The maximum atomic E-state index is 11.8. The predicted molar refractivity (Wildman–Crippen MR) is 34.7 cm³/mol. The Kier molecular flexibility index (Phi) is 1.99. The SMILES string of the molecule is O=Cc1csc(C(F)(F)F)c1. The molecular weight excluding hydrogens is 177 g/mol. The highest BCUT2D eigenvalue weighted by Gasteiger charge is 2.32. The van der Waals surface area contributed by atoms with E-state index in [1.807, 2.05) is 0 Å². The van der Waals surface area contributed by atoms with Gasteiger partial charge in [-0.2, -0.15) is 13.2 Å². The topological polar surface area (TPSA) is 17.1 Å². The van der Waals surface area contributed by atoms with Gasteiger partial charge in [0.2, 0.25) is 0 Å². The van der Waals surface area contributed by atoms with Gasteiger partial charge in [-0.1, -0.05) is 0 Å².